The van der Waals surface area contributed by atoms with Gasteiger partial charge in [-0.15, -0.1) is 0 Å². The van der Waals surface area contributed by atoms with Crippen LogP contribution in [0.1, 0.15) is 23.7 Å². The SMILES string of the molecule is CCN=C(Nc1ccccc1)S[C@@H]1CC(=O)N(c2ccc(C(=O)[O-])cc2)C1=O. The molecule has 8 heteroatoms. The topological polar surface area (TPSA) is 102 Å². The molecule has 1 saturated heterocycles. The minimum Gasteiger partial charge on any atom is -0.545 e. The summed E-state index contributed by atoms with van der Waals surface area (Å²) in [7, 11) is 0. The van der Waals surface area contributed by atoms with E-state index in [4.69, 9.17) is 0 Å². The maximum atomic E-state index is 12.8. The monoisotopic (exact) mass is 396 g/mol. The van der Waals surface area contributed by atoms with Crippen molar-refractivity contribution in [2.75, 3.05) is 16.8 Å². The van der Waals surface area contributed by atoms with E-state index >= 15 is 0 Å². The number of aliphatic imine (C=N–C) groups is 1. The molecular weight excluding hydrogens is 378 g/mol. The molecule has 0 radical (unpaired) electrons. The molecule has 0 spiro atoms. The van der Waals surface area contributed by atoms with E-state index in [9.17, 15) is 19.5 Å². The van der Waals surface area contributed by atoms with Crippen LogP contribution in [0.2, 0.25) is 0 Å². The standard InChI is InChI=1S/C20H19N3O4S/c1-2-21-20(22-14-6-4-3-5-7-14)28-16-12-17(24)23(18(16)25)15-10-8-13(9-11-15)19(26)27/h3-11,16H,2,12H2,1H3,(H,21,22)(H,26,27)/p-1/t16-/m1/s1. The Kier molecular flexibility index (Phi) is 6.10. The third kappa shape index (κ3) is 4.40. The van der Waals surface area contributed by atoms with Crippen LogP contribution in [0.25, 0.3) is 0 Å². The minimum atomic E-state index is -1.31. The average molecular weight is 396 g/mol. The molecular formula is C20H18N3O4S-. The van der Waals surface area contributed by atoms with Crippen LogP contribution >= 0.6 is 11.8 Å². The maximum Gasteiger partial charge on any atom is 0.247 e. The highest BCUT2D eigenvalue weighted by Gasteiger charge is 2.40. The fourth-order valence-corrected chi connectivity index (χ4v) is 3.83. The van der Waals surface area contributed by atoms with Gasteiger partial charge in [0.25, 0.3) is 0 Å². The van der Waals surface area contributed by atoms with Crippen LogP contribution in [0.3, 0.4) is 0 Å². The number of rotatable bonds is 5. The normalized spacial score (nSPS) is 17.1. The fourth-order valence-electron chi connectivity index (χ4n) is 2.74. The first kappa shape index (κ1) is 19.6. The molecule has 3 rings (SSSR count). The van der Waals surface area contributed by atoms with Gasteiger partial charge in [0.05, 0.1) is 11.7 Å². The first-order chi connectivity index (χ1) is 13.5. The lowest BCUT2D eigenvalue weighted by molar-refractivity contribution is -0.255. The van der Waals surface area contributed by atoms with Gasteiger partial charge in [-0.2, -0.15) is 0 Å². The largest absolute Gasteiger partial charge is 0.545 e. The van der Waals surface area contributed by atoms with Crippen molar-refractivity contribution in [1.82, 2.24) is 0 Å². The molecule has 0 saturated carbocycles. The molecule has 0 bridgehead atoms. The maximum absolute atomic E-state index is 12.8. The number of amidine groups is 1. The second kappa shape index (κ2) is 8.71. The zero-order valence-electron chi connectivity index (χ0n) is 15.1. The molecule has 0 aromatic heterocycles. The summed E-state index contributed by atoms with van der Waals surface area (Å²) < 4.78 is 0. The van der Waals surface area contributed by atoms with Crippen molar-refractivity contribution in [3.05, 3.63) is 60.2 Å². The van der Waals surface area contributed by atoms with Gasteiger partial charge in [-0.05, 0) is 36.8 Å². The van der Waals surface area contributed by atoms with Gasteiger partial charge >= 0.3 is 0 Å². The number of anilines is 2. The third-order valence-electron chi connectivity index (χ3n) is 4.05. The summed E-state index contributed by atoms with van der Waals surface area (Å²) in [6, 6.07) is 14.9. The van der Waals surface area contributed by atoms with Gasteiger partial charge in [-0.3, -0.25) is 14.6 Å². The summed E-state index contributed by atoms with van der Waals surface area (Å²) in [6.45, 7) is 2.42. The number of aromatic carboxylic acids is 1. The number of nitrogens with one attached hydrogen (secondary N) is 1. The lowest BCUT2D eigenvalue weighted by Gasteiger charge is -2.16. The average Bonchev–Trinajstić information content (AvgIpc) is 2.96. The summed E-state index contributed by atoms with van der Waals surface area (Å²) in [5.74, 6) is -2.00. The van der Waals surface area contributed by atoms with Crippen molar-refractivity contribution in [2.45, 2.75) is 18.6 Å². The van der Waals surface area contributed by atoms with Crippen LogP contribution in [-0.2, 0) is 9.59 Å². The number of para-hydroxylation sites is 1. The van der Waals surface area contributed by atoms with Crippen LogP contribution < -0.4 is 15.3 Å². The van der Waals surface area contributed by atoms with Gasteiger partial charge in [0.2, 0.25) is 11.8 Å². The Bertz CT molecular complexity index is 913. The highest BCUT2D eigenvalue weighted by molar-refractivity contribution is 8.15. The first-order valence-corrected chi connectivity index (χ1v) is 9.59. The predicted molar refractivity (Wildman–Crippen MR) is 107 cm³/mol. The van der Waals surface area contributed by atoms with E-state index < -0.39 is 11.2 Å². The lowest BCUT2D eigenvalue weighted by Crippen LogP contribution is -2.32. The van der Waals surface area contributed by atoms with E-state index in [1.165, 1.54) is 36.0 Å². The Morgan fingerprint density at radius 3 is 2.46 bits per heavy atom. The van der Waals surface area contributed by atoms with Gasteiger partial charge in [-0.25, -0.2) is 4.90 Å². The summed E-state index contributed by atoms with van der Waals surface area (Å²) in [5, 5.41) is 14.0. The Morgan fingerprint density at radius 2 is 1.86 bits per heavy atom. The lowest BCUT2D eigenvalue weighted by atomic mass is 10.2. The number of carbonyl (C=O) groups excluding carboxylic acids is 3. The quantitative estimate of drug-likeness (QED) is 0.471. The Morgan fingerprint density at radius 1 is 1.18 bits per heavy atom. The van der Waals surface area contributed by atoms with Crippen LogP contribution in [0, 0.1) is 0 Å². The first-order valence-electron chi connectivity index (χ1n) is 8.71. The number of hydrogen-bond acceptors (Lipinski definition) is 6. The Labute approximate surface area is 166 Å². The smallest absolute Gasteiger partial charge is 0.247 e. The number of carbonyl (C=O) groups is 3. The number of hydrogen-bond donors (Lipinski definition) is 1. The molecule has 0 aliphatic carbocycles. The molecule has 1 fully saturated rings. The van der Waals surface area contributed by atoms with E-state index in [-0.39, 0.29) is 23.8 Å². The summed E-state index contributed by atoms with van der Waals surface area (Å²) in [6.07, 6.45) is 0.0466. The van der Waals surface area contributed by atoms with Crippen molar-refractivity contribution >= 4 is 46.1 Å². The second-order valence-corrected chi connectivity index (χ2v) is 7.17. The van der Waals surface area contributed by atoms with Crippen LogP contribution in [-0.4, -0.2) is 34.7 Å². The van der Waals surface area contributed by atoms with E-state index in [1.807, 2.05) is 37.3 Å². The van der Waals surface area contributed by atoms with E-state index in [0.717, 1.165) is 10.6 Å². The summed E-state index contributed by atoms with van der Waals surface area (Å²) in [5.41, 5.74) is 1.17. The third-order valence-corrected chi connectivity index (χ3v) is 5.15. The number of imide groups is 1. The van der Waals surface area contributed by atoms with Gasteiger partial charge in [0, 0.05) is 18.7 Å². The van der Waals surface area contributed by atoms with Crippen molar-refractivity contribution in [1.29, 1.82) is 0 Å². The molecule has 1 aliphatic heterocycles. The van der Waals surface area contributed by atoms with Crippen molar-refractivity contribution in [3.63, 3.8) is 0 Å². The molecule has 28 heavy (non-hydrogen) atoms. The van der Waals surface area contributed by atoms with Crippen molar-refractivity contribution in [2.24, 2.45) is 4.99 Å². The number of thioether (sulfide) groups is 1. The highest BCUT2D eigenvalue weighted by Crippen LogP contribution is 2.31. The number of carboxylic acid groups (broad SMARTS) is 1. The van der Waals surface area contributed by atoms with Crippen molar-refractivity contribution in [3.8, 4) is 0 Å². The van der Waals surface area contributed by atoms with Gasteiger partial charge in [0.15, 0.2) is 5.17 Å². The number of amides is 2. The molecule has 1 aliphatic rings. The molecule has 2 aromatic rings. The Hall–Kier alpha value is -3.13. The number of benzene rings is 2. The molecule has 0 unspecified atom stereocenters. The molecule has 2 aromatic carbocycles. The Balaban J connectivity index is 1.74. The number of nitrogens with zero attached hydrogens (tertiary/aromatic N) is 2. The number of carboxylic acids is 1. The predicted octanol–water partition coefficient (Wildman–Crippen LogP) is 1.90. The van der Waals surface area contributed by atoms with E-state index in [2.05, 4.69) is 10.3 Å². The van der Waals surface area contributed by atoms with Crippen LogP contribution in [0.15, 0.2) is 59.6 Å². The van der Waals surface area contributed by atoms with Gasteiger partial charge < -0.3 is 15.2 Å². The summed E-state index contributed by atoms with van der Waals surface area (Å²) in [4.78, 5) is 41.6. The molecule has 144 valence electrons. The molecule has 2 amide bonds. The van der Waals surface area contributed by atoms with Crippen molar-refractivity contribution < 1.29 is 19.5 Å². The molecule has 1 N–H and O–H groups in total. The van der Waals surface area contributed by atoms with E-state index in [1.54, 1.807) is 0 Å². The van der Waals surface area contributed by atoms with Crippen LogP contribution in [0.5, 0.6) is 0 Å². The zero-order valence-corrected chi connectivity index (χ0v) is 15.9. The molecule has 7 nitrogen and oxygen atoms in total. The zero-order chi connectivity index (χ0) is 20.1. The van der Waals surface area contributed by atoms with Crippen LogP contribution in [0.4, 0.5) is 11.4 Å². The van der Waals surface area contributed by atoms with E-state index in [0.29, 0.717) is 17.4 Å². The van der Waals surface area contributed by atoms with Gasteiger partial charge in [0.1, 0.15) is 5.25 Å². The van der Waals surface area contributed by atoms with Gasteiger partial charge in [-0.1, -0.05) is 42.1 Å². The fraction of sp³-hybridized carbons (Fsp3) is 0.200. The molecule has 1 atom stereocenters. The minimum absolute atomic E-state index is 0.0156. The highest BCUT2D eigenvalue weighted by atomic mass is 32.2. The molecule has 1 heterocycles. The second-order valence-electron chi connectivity index (χ2n) is 5.98. The summed E-state index contributed by atoms with van der Waals surface area (Å²) >= 11 is 1.21.